The second-order valence-electron chi connectivity index (χ2n) is 6.69. The third-order valence-corrected chi connectivity index (χ3v) is 3.70. The number of rotatable bonds is 4. The SMILES string of the molecule is C[C@H](NS(=O)(=O)CC(C)(C)C)C(=O)OC(C)(C)C. The van der Waals surface area contributed by atoms with Crippen molar-refractivity contribution >= 4 is 16.0 Å². The molecule has 0 radical (unpaired) electrons. The minimum absolute atomic E-state index is 0.0346. The summed E-state index contributed by atoms with van der Waals surface area (Å²) < 4.78 is 31.1. The van der Waals surface area contributed by atoms with E-state index in [0.29, 0.717) is 0 Å². The minimum atomic E-state index is -3.49. The molecule has 0 bridgehead atoms. The lowest BCUT2D eigenvalue weighted by Gasteiger charge is -2.24. The molecular weight excluding hydrogens is 254 g/mol. The summed E-state index contributed by atoms with van der Waals surface area (Å²) in [5, 5.41) is 0. The van der Waals surface area contributed by atoms with E-state index in [1.165, 1.54) is 6.92 Å². The molecule has 1 atom stereocenters. The molecule has 0 aliphatic carbocycles. The molecule has 0 fully saturated rings. The zero-order valence-corrected chi connectivity index (χ0v) is 13.1. The third-order valence-electron chi connectivity index (χ3n) is 1.74. The Morgan fingerprint density at radius 3 is 1.94 bits per heavy atom. The maximum atomic E-state index is 11.8. The summed E-state index contributed by atoms with van der Waals surface area (Å²) in [6, 6.07) is -0.878. The van der Waals surface area contributed by atoms with Crippen LogP contribution in [0.1, 0.15) is 48.5 Å². The Balaban J connectivity index is 4.57. The van der Waals surface area contributed by atoms with Crippen molar-refractivity contribution in [1.82, 2.24) is 4.72 Å². The summed E-state index contributed by atoms with van der Waals surface area (Å²) in [6.45, 7) is 12.2. The maximum absolute atomic E-state index is 11.8. The number of carbonyl (C=O) groups is 1. The van der Waals surface area contributed by atoms with Gasteiger partial charge in [0.1, 0.15) is 11.6 Å². The highest BCUT2D eigenvalue weighted by atomic mass is 32.2. The number of carbonyl (C=O) groups excluding carboxylic acids is 1. The van der Waals surface area contributed by atoms with E-state index in [9.17, 15) is 13.2 Å². The van der Waals surface area contributed by atoms with E-state index in [2.05, 4.69) is 4.72 Å². The third kappa shape index (κ3) is 8.47. The molecule has 0 rings (SSSR count). The van der Waals surface area contributed by atoms with Crippen molar-refractivity contribution in [2.75, 3.05) is 5.75 Å². The summed E-state index contributed by atoms with van der Waals surface area (Å²) >= 11 is 0. The number of ether oxygens (including phenoxy) is 1. The van der Waals surface area contributed by atoms with Crippen LogP contribution in [-0.2, 0) is 19.6 Å². The lowest BCUT2D eigenvalue weighted by Crippen LogP contribution is -2.44. The highest BCUT2D eigenvalue weighted by Gasteiger charge is 2.28. The Bertz CT molecular complexity index is 387. The lowest BCUT2D eigenvalue weighted by atomic mass is 10.0. The zero-order chi connectivity index (χ0) is 14.8. The zero-order valence-electron chi connectivity index (χ0n) is 12.3. The van der Waals surface area contributed by atoms with Crippen molar-refractivity contribution in [1.29, 1.82) is 0 Å². The average Bonchev–Trinajstić information content (AvgIpc) is 1.93. The van der Waals surface area contributed by atoms with Gasteiger partial charge in [0.25, 0.3) is 0 Å². The van der Waals surface area contributed by atoms with Crippen LogP contribution in [0, 0.1) is 5.41 Å². The van der Waals surface area contributed by atoms with Gasteiger partial charge in [-0.15, -0.1) is 0 Å². The van der Waals surface area contributed by atoms with Gasteiger partial charge in [-0.05, 0) is 33.1 Å². The summed E-state index contributed by atoms with van der Waals surface area (Å²) in [6.07, 6.45) is 0. The molecule has 5 nitrogen and oxygen atoms in total. The predicted octanol–water partition coefficient (Wildman–Crippen LogP) is 1.68. The van der Waals surface area contributed by atoms with Crippen molar-refractivity contribution in [3.8, 4) is 0 Å². The van der Waals surface area contributed by atoms with Crippen molar-refractivity contribution in [3.63, 3.8) is 0 Å². The molecule has 0 aromatic rings. The average molecular weight is 279 g/mol. The molecule has 0 spiro atoms. The first kappa shape index (κ1) is 17.4. The fourth-order valence-corrected chi connectivity index (χ4v) is 3.18. The van der Waals surface area contributed by atoms with Crippen molar-refractivity contribution in [2.24, 2.45) is 5.41 Å². The van der Waals surface area contributed by atoms with Crippen LogP contribution < -0.4 is 4.72 Å². The van der Waals surface area contributed by atoms with Gasteiger partial charge in [0, 0.05) is 0 Å². The molecule has 0 amide bonds. The molecule has 0 aliphatic heterocycles. The molecule has 0 unspecified atom stereocenters. The normalized spacial score (nSPS) is 15.3. The Morgan fingerprint density at radius 1 is 1.17 bits per heavy atom. The first-order valence-corrected chi connectivity index (χ1v) is 7.60. The quantitative estimate of drug-likeness (QED) is 0.795. The molecule has 0 saturated heterocycles. The largest absolute Gasteiger partial charge is 0.459 e. The number of hydrogen-bond acceptors (Lipinski definition) is 4. The van der Waals surface area contributed by atoms with E-state index in [-0.39, 0.29) is 11.2 Å². The van der Waals surface area contributed by atoms with Crippen LogP contribution in [0.2, 0.25) is 0 Å². The molecule has 0 aliphatic rings. The van der Waals surface area contributed by atoms with Crippen LogP contribution >= 0.6 is 0 Å². The fourth-order valence-electron chi connectivity index (χ4n) is 1.32. The van der Waals surface area contributed by atoms with Gasteiger partial charge in [-0.25, -0.2) is 13.1 Å². The summed E-state index contributed by atoms with van der Waals surface area (Å²) in [7, 11) is -3.49. The molecular formula is C12H25NO4S. The first-order valence-electron chi connectivity index (χ1n) is 5.95. The summed E-state index contributed by atoms with van der Waals surface area (Å²) in [5.41, 5.74) is -0.986. The summed E-state index contributed by atoms with van der Waals surface area (Å²) in [4.78, 5) is 11.7. The predicted molar refractivity (Wildman–Crippen MR) is 71.7 cm³/mol. The Kier molecular flexibility index (Phi) is 5.38. The number of esters is 1. The summed E-state index contributed by atoms with van der Waals surface area (Å²) in [5.74, 6) is -0.604. The van der Waals surface area contributed by atoms with E-state index in [1.807, 2.05) is 20.8 Å². The van der Waals surface area contributed by atoms with Crippen LogP contribution in [0.5, 0.6) is 0 Å². The molecule has 0 aromatic heterocycles. The minimum Gasteiger partial charge on any atom is -0.459 e. The highest BCUT2D eigenvalue weighted by molar-refractivity contribution is 7.89. The molecule has 0 saturated carbocycles. The van der Waals surface area contributed by atoms with Gasteiger partial charge in [-0.3, -0.25) is 4.79 Å². The number of hydrogen-bond donors (Lipinski definition) is 1. The highest BCUT2D eigenvalue weighted by Crippen LogP contribution is 2.16. The Morgan fingerprint density at radius 2 is 1.61 bits per heavy atom. The first-order chi connectivity index (χ1) is 7.72. The second-order valence-corrected chi connectivity index (χ2v) is 8.45. The Hall–Kier alpha value is -0.620. The molecule has 108 valence electrons. The van der Waals surface area contributed by atoms with Gasteiger partial charge in [0.05, 0.1) is 5.75 Å². The van der Waals surface area contributed by atoms with Gasteiger partial charge in [-0.2, -0.15) is 0 Å². The topological polar surface area (TPSA) is 72.5 Å². The van der Waals surface area contributed by atoms with Gasteiger partial charge < -0.3 is 4.74 Å². The number of sulfonamides is 1. The van der Waals surface area contributed by atoms with E-state index >= 15 is 0 Å². The molecule has 6 heteroatoms. The molecule has 0 heterocycles. The van der Waals surface area contributed by atoms with E-state index in [1.54, 1.807) is 20.8 Å². The second kappa shape index (κ2) is 5.57. The molecule has 0 aromatic carbocycles. The van der Waals surface area contributed by atoms with E-state index in [4.69, 9.17) is 4.74 Å². The van der Waals surface area contributed by atoms with E-state index in [0.717, 1.165) is 0 Å². The molecule has 1 N–H and O–H groups in total. The van der Waals surface area contributed by atoms with E-state index < -0.39 is 27.6 Å². The van der Waals surface area contributed by atoms with Crippen LogP contribution in [0.15, 0.2) is 0 Å². The van der Waals surface area contributed by atoms with Crippen molar-refractivity contribution in [3.05, 3.63) is 0 Å². The van der Waals surface area contributed by atoms with Crippen LogP contribution in [0.25, 0.3) is 0 Å². The fraction of sp³-hybridized carbons (Fsp3) is 0.917. The van der Waals surface area contributed by atoms with Crippen LogP contribution in [-0.4, -0.2) is 31.8 Å². The van der Waals surface area contributed by atoms with Crippen LogP contribution in [0.3, 0.4) is 0 Å². The molecule has 18 heavy (non-hydrogen) atoms. The van der Waals surface area contributed by atoms with Gasteiger partial charge in [-0.1, -0.05) is 20.8 Å². The van der Waals surface area contributed by atoms with Crippen LogP contribution in [0.4, 0.5) is 0 Å². The van der Waals surface area contributed by atoms with Crippen molar-refractivity contribution in [2.45, 2.75) is 60.1 Å². The van der Waals surface area contributed by atoms with Crippen molar-refractivity contribution < 1.29 is 17.9 Å². The van der Waals surface area contributed by atoms with Gasteiger partial charge in [0.2, 0.25) is 10.0 Å². The lowest BCUT2D eigenvalue weighted by molar-refractivity contribution is -0.156. The Labute approximate surface area is 110 Å². The smallest absolute Gasteiger partial charge is 0.324 e. The van der Waals surface area contributed by atoms with Gasteiger partial charge >= 0.3 is 5.97 Å². The standard InChI is InChI=1S/C12H25NO4S/c1-9(10(14)17-12(5,6)7)13-18(15,16)8-11(2,3)4/h9,13H,8H2,1-7H3/t9-/m0/s1. The monoisotopic (exact) mass is 279 g/mol. The van der Waals surface area contributed by atoms with Gasteiger partial charge in [0.15, 0.2) is 0 Å². The maximum Gasteiger partial charge on any atom is 0.324 e. The number of nitrogens with one attached hydrogen (secondary N) is 1.